The summed E-state index contributed by atoms with van der Waals surface area (Å²) < 4.78 is 0. The third-order valence-corrected chi connectivity index (χ3v) is 3.31. The van der Waals surface area contributed by atoms with Gasteiger partial charge in [-0.15, -0.1) is 0 Å². The van der Waals surface area contributed by atoms with E-state index in [0.29, 0.717) is 11.3 Å². The van der Waals surface area contributed by atoms with Gasteiger partial charge in [-0.2, -0.15) is 0 Å². The topological polar surface area (TPSA) is 92.4 Å². The minimum absolute atomic E-state index is 0.0205. The van der Waals surface area contributed by atoms with Gasteiger partial charge in [-0.25, -0.2) is 4.79 Å². The minimum Gasteiger partial charge on any atom is -0.478 e. The second-order valence-corrected chi connectivity index (χ2v) is 4.93. The molecule has 2 rings (SSSR count). The van der Waals surface area contributed by atoms with Gasteiger partial charge in [0.05, 0.1) is 10.6 Å². The average Bonchev–Trinajstić information content (AvgIpc) is 2.40. The standard InChI is InChI=1S/C15H13ClN2O3/c1-8-6-9(2-4-11(8)14(17)19)18-10-3-5-13(16)12(7-10)15(20)21/h2-7,18H,1H3,(H2,17,19)(H,20,21). The highest BCUT2D eigenvalue weighted by Gasteiger charge is 2.10. The molecular formula is C15H13ClN2O3. The third-order valence-electron chi connectivity index (χ3n) is 2.98. The first-order valence-electron chi connectivity index (χ1n) is 6.09. The summed E-state index contributed by atoms with van der Waals surface area (Å²) in [7, 11) is 0. The number of nitrogens with two attached hydrogens (primary N) is 1. The normalized spacial score (nSPS) is 10.2. The molecule has 0 saturated heterocycles. The van der Waals surface area contributed by atoms with E-state index in [4.69, 9.17) is 22.4 Å². The molecule has 2 aromatic carbocycles. The fourth-order valence-corrected chi connectivity index (χ4v) is 2.15. The quantitative estimate of drug-likeness (QED) is 0.808. The molecule has 5 nitrogen and oxygen atoms in total. The maximum absolute atomic E-state index is 11.2. The Labute approximate surface area is 126 Å². The number of nitrogens with one attached hydrogen (secondary N) is 1. The molecule has 6 heteroatoms. The van der Waals surface area contributed by atoms with E-state index < -0.39 is 11.9 Å². The van der Waals surface area contributed by atoms with Crippen LogP contribution in [0, 0.1) is 6.92 Å². The maximum atomic E-state index is 11.2. The Hall–Kier alpha value is -2.53. The second-order valence-electron chi connectivity index (χ2n) is 4.52. The second kappa shape index (κ2) is 5.85. The molecule has 0 spiro atoms. The number of rotatable bonds is 4. The first-order valence-corrected chi connectivity index (χ1v) is 6.46. The molecule has 4 N–H and O–H groups in total. The molecule has 0 aliphatic carbocycles. The van der Waals surface area contributed by atoms with Gasteiger partial charge in [0.1, 0.15) is 0 Å². The van der Waals surface area contributed by atoms with Gasteiger partial charge in [0.25, 0.3) is 0 Å². The lowest BCUT2D eigenvalue weighted by atomic mass is 10.1. The van der Waals surface area contributed by atoms with Crippen LogP contribution in [0.2, 0.25) is 5.02 Å². The Morgan fingerprint density at radius 3 is 2.29 bits per heavy atom. The fourth-order valence-electron chi connectivity index (χ4n) is 1.95. The summed E-state index contributed by atoms with van der Waals surface area (Å²) in [5.41, 5.74) is 7.76. The molecule has 0 saturated carbocycles. The number of anilines is 2. The highest BCUT2D eigenvalue weighted by atomic mass is 35.5. The summed E-state index contributed by atoms with van der Waals surface area (Å²) >= 11 is 5.82. The number of aromatic carboxylic acids is 1. The van der Waals surface area contributed by atoms with Gasteiger partial charge in [-0.3, -0.25) is 4.79 Å². The monoisotopic (exact) mass is 304 g/mol. The Bertz CT molecular complexity index is 729. The SMILES string of the molecule is Cc1cc(Nc2ccc(Cl)c(C(=O)O)c2)ccc1C(N)=O. The van der Waals surface area contributed by atoms with Gasteiger partial charge >= 0.3 is 5.97 Å². The summed E-state index contributed by atoms with van der Waals surface area (Å²) in [4.78, 5) is 22.2. The van der Waals surface area contributed by atoms with Crippen molar-refractivity contribution >= 4 is 34.9 Å². The van der Waals surface area contributed by atoms with Crippen molar-refractivity contribution in [2.24, 2.45) is 5.73 Å². The summed E-state index contributed by atoms with van der Waals surface area (Å²) in [6, 6.07) is 9.71. The van der Waals surface area contributed by atoms with Gasteiger partial charge < -0.3 is 16.2 Å². The molecule has 0 fully saturated rings. The molecule has 1 amide bonds. The molecule has 2 aromatic rings. The lowest BCUT2D eigenvalue weighted by molar-refractivity contribution is 0.0697. The molecule has 0 bridgehead atoms. The van der Waals surface area contributed by atoms with Gasteiger partial charge in [0, 0.05) is 16.9 Å². The number of carboxylic acids is 1. The molecule has 21 heavy (non-hydrogen) atoms. The highest BCUT2D eigenvalue weighted by molar-refractivity contribution is 6.33. The zero-order valence-corrected chi connectivity index (χ0v) is 11.9. The van der Waals surface area contributed by atoms with Crippen LogP contribution >= 0.6 is 11.6 Å². The van der Waals surface area contributed by atoms with Crippen LogP contribution in [0.4, 0.5) is 11.4 Å². The third kappa shape index (κ3) is 3.32. The summed E-state index contributed by atoms with van der Waals surface area (Å²) in [6.07, 6.45) is 0. The number of benzene rings is 2. The van der Waals surface area contributed by atoms with Crippen LogP contribution in [0.5, 0.6) is 0 Å². The molecular weight excluding hydrogens is 292 g/mol. The van der Waals surface area contributed by atoms with Crippen LogP contribution in [0.1, 0.15) is 26.3 Å². The maximum Gasteiger partial charge on any atom is 0.337 e. The van der Waals surface area contributed by atoms with Crippen molar-refractivity contribution in [3.8, 4) is 0 Å². The van der Waals surface area contributed by atoms with Gasteiger partial charge in [-0.05, 0) is 48.9 Å². The summed E-state index contributed by atoms with van der Waals surface area (Å²) in [5, 5.41) is 12.3. The number of hydrogen-bond donors (Lipinski definition) is 3. The molecule has 0 atom stereocenters. The molecule has 108 valence electrons. The van der Waals surface area contributed by atoms with E-state index in [-0.39, 0.29) is 10.6 Å². The summed E-state index contributed by atoms with van der Waals surface area (Å²) in [5.74, 6) is -1.58. The van der Waals surface area contributed by atoms with Crippen LogP contribution < -0.4 is 11.1 Å². The molecule has 0 unspecified atom stereocenters. The van der Waals surface area contributed by atoms with Crippen molar-refractivity contribution in [3.63, 3.8) is 0 Å². The molecule has 0 aliphatic rings. The molecule has 0 radical (unpaired) electrons. The number of carbonyl (C=O) groups is 2. The summed E-state index contributed by atoms with van der Waals surface area (Å²) in [6.45, 7) is 1.77. The Morgan fingerprint density at radius 2 is 1.71 bits per heavy atom. The first kappa shape index (κ1) is 14.9. The van der Waals surface area contributed by atoms with E-state index in [9.17, 15) is 9.59 Å². The highest BCUT2D eigenvalue weighted by Crippen LogP contribution is 2.24. The number of amides is 1. The van der Waals surface area contributed by atoms with Crippen LogP contribution in [0.15, 0.2) is 36.4 Å². The van der Waals surface area contributed by atoms with Crippen LogP contribution in [-0.4, -0.2) is 17.0 Å². The van der Waals surface area contributed by atoms with Crippen molar-refractivity contribution < 1.29 is 14.7 Å². The number of carbonyl (C=O) groups excluding carboxylic acids is 1. The predicted octanol–water partition coefficient (Wildman–Crippen LogP) is 3.19. The molecule has 0 aromatic heterocycles. The van der Waals surface area contributed by atoms with Crippen LogP contribution in [0.3, 0.4) is 0 Å². The van der Waals surface area contributed by atoms with Crippen LogP contribution in [0.25, 0.3) is 0 Å². The van der Waals surface area contributed by atoms with Crippen molar-refractivity contribution in [1.82, 2.24) is 0 Å². The van der Waals surface area contributed by atoms with Crippen molar-refractivity contribution in [3.05, 3.63) is 58.1 Å². The smallest absolute Gasteiger partial charge is 0.337 e. The first-order chi connectivity index (χ1) is 9.88. The van der Waals surface area contributed by atoms with E-state index in [0.717, 1.165) is 11.3 Å². The van der Waals surface area contributed by atoms with E-state index >= 15 is 0 Å². The van der Waals surface area contributed by atoms with Crippen LogP contribution in [-0.2, 0) is 0 Å². The lowest BCUT2D eigenvalue weighted by Gasteiger charge is -2.10. The van der Waals surface area contributed by atoms with Gasteiger partial charge in [-0.1, -0.05) is 11.6 Å². The average molecular weight is 305 g/mol. The van der Waals surface area contributed by atoms with E-state index in [1.807, 2.05) is 0 Å². The van der Waals surface area contributed by atoms with Crippen molar-refractivity contribution in [1.29, 1.82) is 0 Å². The van der Waals surface area contributed by atoms with E-state index in [2.05, 4.69) is 5.32 Å². The number of aryl methyl sites for hydroxylation is 1. The Morgan fingerprint density at radius 1 is 1.10 bits per heavy atom. The number of halogens is 1. The molecule has 0 heterocycles. The lowest BCUT2D eigenvalue weighted by Crippen LogP contribution is -2.12. The number of carboxylic acid groups (broad SMARTS) is 1. The Kier molecular flexibility index (Phi) is 4.14. The fraction of sp³-hybridized carbons (Fsp3) is 0.0667. The van der Waals surface area contributed by atoms with Gasteiger partial charge in [0.2, 0.25) is 5.91 Å². The van der Waals surface area contributed by atoms with Crippen molar-refractivity contribution in [2.75, 3.05) is 5.32 Å². The molecule has 0 aliphatic heterocycles. The number of hydrogen-bond acceptors (Lipinski definition) is 3. The Balaban J connectivity index is 2.30. The largest absolute Gasteiger partial charge is 0.478 e. The number of primary amides is 1. The zero-order valence-electron chi connectivity index (χ0n) is 11.2. The van der Waals surface area contributed by atoms with Crippen molar-refractivity contribution in [2.45, 2.75) is 6.92 Å². The predicted molar refractivity (Wildman–Crippen MR) is 81.4 cm³/mol. The van der Waals surface area contributed by atoms with E-state index in [1.165, 1.54) is 12.1 Å². The zero-order chi connectivity index (χ0) is 15.6. The minimum atomic E-state index is -1.09. The van der Waals surface area contributed by atoms with E-state index in [1.54, 1.807) is 31.2 Å². The van der Waals surface area contributed by atoms with Gasteiger partial charge in [0.15, 0.2) is 0 Å².